The molecule has 1 heterocycles. The molecule has 3 rings (SSSR count). The van der Waals surface area contributed by atoms with Crippen molar-refractivity contribution < 1.29 is 27.5 Å². The summed E-state index contributed by atoms with van der Waals surface area (Å²) in [7, 11) is 0. The minimum Gasteiger partial charge on any atom is -0.484 e. The molecule has 0 bridgehead atoms. The lowest BCUT2D eigenvalue weighted by atomic mass is 9.67. The van der Waals surface area contributed by atoms with Gasteiger partial charge in [-0.2, -0.15) is 13.2 Å². The zero-order valence-electron chi connectivity index (χ0n) is 15.3. The van der Waals surface area contributed by atoms with Crippen molar-refractivity contribution in [2.45, 2.75) is 51.4 Å². The molecule has 0 unspecified atom stereocenters. The highest BCUT2D eigenvalue weighted by molar-refractivity contribution is 6.07. The van der Waals surface area contributed by atoms with E-state index >= 15 is 0 Å². The highest BCUT2D eigenvalue weighted by Gasteiger charge is 2.58. The molecule has 1 saturated heterocycles. The van der Waals surface area contributed by atoms with Crippen LogP contribution in [0.3, 0.4) is 0 Å². The highest BCUT2D eigenvalue weighted by atomic mass is 19.4. The number of rotatable bonds is 4. The first kappa shape index (κ1) is 19.5. The summed E-state index contributed by atoms with van der Waals surface area (Å²) in [5.41, 5.74) is -0.356. The normalized spacial score (nSPS) is 25.0. The molecule has 0 aromatic heterocycles. The van der Waals surface area contributed by atoms with E-state index in [1.807, 2.05) is 13.8 Å². The van der Waals surface area contributed by atoms with Crippen LogP contribution in [0.5, 0.6) is 5.75 Å². The van der Waals surface area contributed by atoms with E-state index in [2.05, 4.69) is 5.32 Å². The lowest BCUT2D eigenvalue weighted by Crippen LogP contribution is -2.58. The number of urea groups is 1. The number of nitrogens with zero attached hydrogens (tertiary/aromatic N) is 1. The summed E-state index contributed by atoms with van der Waals surface area (Å²) in [5.74, 6) is -0.145. The topological polar surface area (TPSA) is 58.6 Å². The maximum Gasteiger partial charge on any atom is 0.422 e. The average Bonchev–Trinajstić information content (AvgIpc) is 2.84. The van der Waals surface area contributed by atoms with E-state index in [1.54, 1.807) is 12.1 Å². The SMILES string of the molecule is C[C@H]1CCC[C@H](C)C12NC(=O)N(Cc1cccc(OCC(F)(F)F)c1)C2=O. The van der Waals surface area contributed by atoms with E-state index in [0.717, 1.165) is 24.2 Å². The van der Waals surface area contributed by atoms with Crippen LogP contribution in [0.15, 0.2) is 24.3 Å². The maximum atomic E-state index is 13.1. The first-order chi connectivity index (χ1) is 12.6. The Hall–Kier alpha value is -2.25. The van der Waals surface area contributed by atoms with Gasteiger partial charge in [0.05, 0.1) is 6.54 Å². The van der Waals surface area contributed by atoms with Crippen LogP contribution >= 0.6 is 0 Å². The smallest absolute Gasteiger partial charge is 0.422 e. The fraction of sp³-hybridized carbons (Fsp3) is 0.579. The van der Waals surface area contributed by atoms with Crippen molar-refractivity contribution in [1.29, 1.82) is 0 Å². The Morgan fingerprint density at radius 3 is 2.52 bits per heavy atom. The molecule has 1 spiro atoms. The standard InChI is InChI=1S/C19H23F3N2O3/c1-12-5-3-6-13(2)19(12)16(25)24(17(26)23-19)10-14-7-4-8-15(9-14)27-11-18(20,21)22/h4,7-9,12-13H,3,5-6,10-11H2,1-2H3,(H,23,26)/t12-,13-/m0/s1. The number of alkyl halides is 3. The lowest BCUT2D eigenvalue weighted by Gasteiger charge is -2.42. The molecular weight excluding hydrogens is 361 g/mol. The summed E-state index contributed by atoms with van der Waals surface area (Å²) in [6.45, 7) is 2.55. The largest absolute Gasteiger partial charge is 0.484 e. The van der Waals surface area contributed by atoms with E-state index in [0.29, 0.717) is 5.56 Å². The van der Waals surface area contributed by atoms with Crippen LogP contribution < -0.4 is 10.1 Å². The van der Waals surface area contributed by atoms with Crippen LogP contribution in [0, 0.1) is 11.8 Å². The minimum absolute atomic E-state index is 0.00489. The second kappa shape index (κ2) is 7.05. The Balaban J connectivity index is 1.76. The number of hydrogen-bond donors (Lipinski definition) is 1. The Morgan fingerprint density at radius 2 is 1.89 bits per heavy atom. The number of halogens is 3. The van der Waals surface area contributed by atoms with E-state index in [4.69, 9.17) is 4.74 Å². The first-order valence-corrected chi connectivity index (χ1v) is 9.06. The molecule has 1 aliphatic carbocycles. The molecule has 2 fully saturated rings. The van der Waals surface area contributed by atoms with Gasteiger partial charge in [-0.05, 0) is 42.4 Å². The van der Waals surface area contributed by atoms with Crippen molar-refractivity contribution in [3.8, 4) is 5.75 Å². The van der Waals surface area contributed by atoms with Crippen LogP contribution in [0.4, 0.5) is 18.0 Å². The number of benzene rings is 1. The maximum absolute atomic E-state index is 13.1. The molecule has 148 valence electrons. The quantitative estimate of drug-likeness (QED) is 0.802. The van der Waals surface area contributed by atoms with Gasteiger partial charge in [0, 0.05) is 0 Å². The van der Waals surface area contributed by atoms with Gasteiger partial charge >= 0.3 is 12.2 Å². The Morgan fingerprint density at radius 1 is 1.22 bits per heavy atom. The van der Waals surface area contributed by atoms with Gasteiger partial charge in [-0.15, -0.1) is 0 Å². The second-order valence-corrected chi connectivity index (χ2v) is 7.47. The lowest BCUT2D eigenvalue weighted by molar-refractivity contribution is -0.153. The van der Waals surface area contributed by atoms with Crippen molar-refractivity contribution in [2.24, 2.45) is 11.8 Å². The Bertz CT molecular complexity index is 725. The summed E-state index contributed by atoms with van der Waals surface area (Å²) < 4.78 is 41.7. The zero-order valence-corrected chi connectivity index (χ0v) is 15.3. The van der Waals surface area contributed by atoms with E-state index in [9.17, 15) is 22.8 Å². The molecule has 1 aromatic rings. The molecule has 1 N–H and O–H groups in total. The van der Waals surface area contributed by atoms with Gasteiger partial charge in [-0.25, -0.2) is 4.79 Å². The van der Waals surface area contributed by atoms with Crippen LogP contribution in [0.2, 0.25) is 0 Å². The van der Waals surface area contributed by atoms with Crippen molar-refractivity contribution in [1.82, 2.24) is 10.2 Å². The fourth-order valence-electron chi connectivity index (χ4n) is 4.18. The summed E-state index contributed by atoms with van der Waals surface area (Å²) in [6, 6.07) is 5.57. The van der Waals surface area contributed by atoms with Gasteiger partial charge in [-0.3, -0.25) is 9.69 Å². The van der Waals surface area contributed by atoms with Crippen molar-refractivity contribution >= 4 is 11.9 Å². The number of hydrogen-bond acceptors (Lipinski definition) is 3. The number of carbonyl (C=O) groups is 2. The molecule has 27 heavy (non-hydrogen) atoms. The van der Waals surface area contributed by atoms with Crippen LogP contribution in [0.25, 0.3) is 0 Å². The fourth-order valence-corrected chi connectivity index (χ4v) is 4.18. The molecule has 1 aliphatic heterocycles. The van der Waals surface area contributed by atoms with Crippen LogP contribution in [-0.4, -0.2) is 35.2 Å². The van der Waals surface area contributed by atoms with Gasteiger partial charge in [0.15, 0.2) is 6.61 Å². The monoisotopic (exact) mass is 384 g/mol. The second-order valence-electron chi connectivity index (χ2n) is 7.47. The third-order valence-corrected chi connectivity index (χ3v) is 5.63. The van der Waals surface area contributed by atoms with Crippen molar-refractivity contribution in [3.05, 3.63) is 29.8 Å². The van der Waals surface area contributed by atoms with Gasteiger partial charge in [0.25, 0.3) is 5.91 Å². The third-order valence-electron chi connectivity index (χ3n) is 5.63. The van der Waals surface area contributed by atoms with Gasteiger partial charge in [0.1, 0.15) is 11.3 Å². The van der Waals surface area contributed by atoms with Gasteiger partial charge in [0.2, 0.25) is 0 Å². The van der Waals surface area contributed by atoms with Crippen LogP contribution in [0.1, 0.15) is 38.7 Å². The minimum atomic E-state index is -4.43. The molecule has 2 aliphatic rings. The van der Waals surface area contributed by atoms with Crippen molar-refractivity contribution in [2.75, 3.05) is 6.61 Å². The first-order valence-electron chi connectivity index (χ1n) is 9.06. The van der Waals surface area contributed by atoms with Gasteiger partial charge < -0.3 is 10.1 Å². The van der Waals surface area contributed by atoms with E-state index in [1.165, 1.54) is 12.1 Å². The molecule has 1 saturated carbocycles. The summed E-state index contributed by atoms with van der Waals surface area (Å²) in [6.07, 6.45) is -1.68. The van der Waals surface area contributed by atoms with Gasteiger partial charge in [-0.1, -0.05) is 32.4 Å². The summed E-state index contributed by atoms with van der Waals surface area (Å²) >= 11 is 0. The number of imide groups is 1. The highest BCUT2D eigenvalue weighted by Crippen LogP contribution is 2.42. The van der Waals surface area contributed by atoms with E-state index in [-0.39, 0.29) is 30.0 Å². The average molecular weight is 384 g/mol. The van der Waals surface area contributed by atoms with Crippen molar-refractivity contribution in [3.63, 3.8) is 0 Å². The molecule has 2 atom stereocenters. The summed E-state index contributed by atoms with van der Waals surface area (Å²) in [5, 5.41) is 2.91. The number of ether oxygens (including phenoxy) is 1. The third kappa shape index (κ3) is 3.75. The molecular formula is C19H23F3N2O3. The van der Waals surface area contributed by atoms with Crippen LogP contribution in [-0.2, 0) is 11.3 Å². The number of amides is 3. The summed E-state index contributed by atoms with van der Waals surface area (Å²) in [4.78, 5) is 26.8. The Labute approximate surface area is 155 Å². The van der Waals surface area contributed by atoms with E-state index < -0.39 is 24.4 Å². The molecule has 5 nitrogen and oxygen atoms in total. The molecule has 1 aromatic carbocycles. The number of carbonyl (C=O) groups excluding carboxylic acids is 2. The molecule has 0 radical (unpaired) electrons. The zero-order chi connectivity index (χ0) is 19.8. The molecule has 3 amide bonds. The molecule has 8 heteroatoms. The number of nitrogens with one attached hydrogen (secondary N) is 1. The predicted octanol–water partition coefficient (Wildman–Crippen LogP) is 3.87. The Kier molecular flexibility index (Phi) is 5.10. The predicted molar refractivity (Wildman–Crippen MR) is 92.0 cm³/mol.